The molecule has 2 aromatic rings. The van der Waals surface area contributed by atoms with Gasteiger partial charge in [0.05, 0.1) is 17.8 Å². The molecule has 2 fully saturated rings. The number of aryl methyl sites for hydroxylation is 1. The molecule has 0 radical (unpaired) electrons. The van der Waals surface area contributed by atoms with E-state index < -0.39 is 0 Å². The van der Waals surface area contributed by atoms with Gasteiger partial charge in [0.15, 0.2) is 0 Å². The van der Waals surface area contributed by atoms with E-state index in [1.165, 1.54) is 5.56 Å². The number of nitriles is 1. The molecular formula is C20H23N5O. The Kier molecular flexibility index (Phi) is 4.25. The molecule has 1 atom stereocenters. The van der Waals surface area contributed by atoms with Crippen LogP contribution < -0.4 is 5.32 Å². The maximum atomic E-state index is 12.2. The third-order valence-electron chi connectivity index (χ3n) is 5.78. The molecule has 1 spiro atoms. The molecule has 134 valence electrons. The second kappa shape index (κ2) is 6.58. The van der Waals surface area contributed by atoms with Crippen LogP contribution in [-0.4, -0.2) is 39.2 Å². The van der Waals surface area contributed by atoms with Crippen molar-refractivity contribution in [1.29, 1.82) is 5.26 Å². The Morgan fingerprint density at radius 2 is 2.19 bits per heavy atom. The standard InChI is InChI=1S/C20H23N5O/c1-24-14-17(12-22-24)18-10-19(26)23-20(18)5-7-25(8-6-20)13-16-4-2-3-15(9-16)11-21/h2-4,9,12,14,18H,5-8,10,13H2,1H3,(H,23,26)/t18-/m0/s1. The Hall–Kier alpha value is -2.65. The predicted molar refractivity (Wildman–Crippen MR) is 97.1 cm³/mol. The van der Waals surface area contributed by atoms with Crippen molar-refractivity contribution in [3.8, 4) is 6.07 Å². The van der Waals surface area contributed by atoms with E-state index in [1.54, 1.807) is 0 Å². The number of hydrogen-bond donors (Lipinski definition) is 1. The van der Waals surface area contributed by atoms with Crippen LogP contribution in [0.5, 0.6) is 0 Å². The quantitative estimate of drug-likeness (QED) is 0.919. The highest BCUT2D eigenvalue weighted by Gasteiger charge is 2.48. The number of nitrogens with zero attached hydrogens (tertiary/aromatic N) is 4. The van der Waals surface area contributed by atoms with E-state index in [9.17, 15) is 4.79 Å². The summed E-state index contributed by atoms with van der Waals surface area (Å²) in [5, 5.41) is 16.6. The van der Waals surface area contributed by atoms with Gasteiger partial charge in [-0.2, -0.15) is 10.4 Å². The molecule has 0 saturated carbocycles. The largest absolute Gasteiger partial charge is 0.350 e. The summed E-state index contributed by atoms with van der Waals surface area (Å²) >= 11 is 0. The molecule has 2 saturated heterocycles. The SMILES string of the molecule is Cn1cc([C@@H]2CC(=O)NC23CCN(Cc2cccc(C#N)c2)CC3)cn1. The van der Waals surface area contributed by atoms with Gasteiger partial charge in [0.2, 0.25) is 5.91 Å². The van der Waals surface area contributed by atoms with Crippen LogP contribution in [0.2, 0.25) is 0 Å². The summed E-state index contributed by atoms with van der Waals surface area (Å²) in [6.45, 7) is 2.72. The highest BCUT2D eigenvalue weighted by Crippen LogP contribution is 2.43. The molecule has 0 bridgehead atoms. The molecule has 2 aliphatic heterocycles. The summed E-state index contributed by atoms with van der Waals surface area (Å²) in [7, 11) is 1.92. The smallest absolute Gasteiger partial charge is 0.221 e. The highest BCUT2D eigenvalue weighted by atomic mass is 16.2. The zero-order chi connectivity index (χ0) is 18.1. The number of piperidine rings is 1. The molecule has 1 aromatic carbocycles. The van der Waals surface area contributed by atoms with E-state index in [4.69, 9.17) is 5.26 Å². The first-order valence-electron chi connectivity index (χ1n) is 9.09. The van der Waals surface area contributed by atoms with Crippen molar-refractivity contribution in [2.45, 2.75) is 37.3 Å². The zero-order valence-electron chi connectivity index (χ0n) is 15.0. The summed E-state index contributed by atoms with van der Waals surface area (Å²) in [4.78, 5) is 14.6. The molecule has 1 amide bonds. The lowest BCUT2D eigenvalue weighted by Gasteiger charge is -2.42. The van der Waals surface area contributed by atoms with Gasteiger partial charge in [0, 0.05) is 50.8 Å². The number of hydrogen-bond acceptors (Lipinski definition) is 4. The second-order valence-electron chi connectivity index (χ2n) is 7.50. The summed E-state index contributed by atoms with van der Waals surface area (Å²) in [6.07, 6.45) is 6.36. The molecule has 2 aliphatic rings. The molecule has 6 nitrogen and oxygen atoms in total. The zero-order valence-corrected chi connectivity index (χ0v) is 15.0. The van der Waals surface area contributed by atoms with E-state index >= 15 is 0 Å². The number of carbonyl (C=O) groups excluding carboxylic acids is 1. The van der Waals surface area contributed by atoms with Gasteiger partial charge >= 0.3 is 0 Å². The molecule has 6 heteroatoms. The first-order valence-corrected chi connectivity index (χ1v) is 9.09. The van der Waals surface area contributed by atoms with Gasteiger partial charge in [-0.25, -0.2) is 0 Å². The van der Waals surface area contributed by atoms with Crippen LogP contribution in [0.4, 0.5) is 0 Å². The maximum absolute atomic E-state index is 12.2. The molecule has 3 heterocycles. The number of amides is 1. The third kappa shape index (κ3) is 3.11. The number of aromatic nitrogens is 2. The molecular weight excluding hydrogens is 326 g/mol. The van der Waals surface area contributed by atoms with Crippen molar-refractivity contribution >= 4 is 5.91 Å². The van der Waals surface area contributed by atoms with Gasteiger partial charge in [-0.3, -0.25) is 14.4 Å². The van der Waals surface area contributed by atoms with Gasteiger partial charge in [0.25, 0.3) is 0 Å². The predicted octanol–water partition coefficient (Wildman–Crippen LogP) is 1.93. The lowest BCUT2D eigenvalue weighted by Crippen LogP contribution is -2.53. The molecule has 1 aromatic heterocycles. The van der Waals surface area contributed by atoms with Gasteiger partial charge in [-0.15, -0.1) is 0 Å². The van der Waals surface area contributed by atoms with Crippen molar-refractivity contribution in [2.24, 2.45) is 7.05 Å². The fraction of sp³-hybridized carbons (Fsp3) is 0.450. The lowest BCUT2D eigenvalue weighted by atomic mass is 9.75. The topological polar surface area (TPSA) is 74.0 Å². The lowest BCUT2D eigenvalue weighted by molar-refractivity contribution is -0.120. The van der Waals surface area contributed by atoms with Crippen LogP contribution in [0.1, 0.15) is 41.9 Å². The Morgan fingerprint density at radius 3 is 2.88 bits per heavy atom. The molecule has 4 rings (SSSR count). The summed E-state index contributed by atoms with van der Waals surface area (Å²) in [6, 6.07) is 10.0. The minimum Gasteiger partial charge on any atom is -0.350 e. The average molecular weight is 349 g/mol. The minimum atomic E-state index is -0.148. The van der Waals surface area contributed by atoms with Crippen LogP contribution in [0.25, 0.3) is 0 Å². The molecule has 26 heavy (non-hydrogen) atoms. The summed E-state index contributed by atoms with van der Waals surface area (Å²) < 4.78 is 1.81. The summed E-state index contributed by atoms with van der Waals surface area (Å²) in [5.41, 5.74) is 2.88. The number of likely N-dealkylation sites (tertiary alicyclic amines) is 1. The van der Waals surface area contributed by atoms with E-state index in [-0.39, 0.29) is 17.4 Å². The van der Waals surface area contributed by atoms with Crippen molar-refractivity contribution in [1.82, 2.24) is 20.0 Å². The monoisotopic (exact) mass is 349 g/mol. The maximum Gasteiger partial charge on any atom is 0.221 e. The van der Waals surface area contributed by atoms with Gasteiger partial charge < -0.3 is 5.32 Å². The van der Waals surface area contributed by atoms with E-state index in [2.05, 4.69) is 27.5 Å². The van der Waals surface area contributed by atoms with Crippen molar-refractivity contribution in [2.75, 3.05) is 13.1 Å². The van der Waals surface area contributed by atoms with Crippen molar-refractivity contribution in [3.63, 3.8) is 0 Å². The normalized spacial score (nSPS) is 22.3. The highest BCUT2D eigenvalue weighted by molar-refractivity contribution is 5.81. The number of benzene rings is 1. The average Bonchev–Trinajstić information content (AvgIpc) is 3.20. The summed E-state index contributed by atoms with van der Waals surface area (Å²) in [5.74, 6) is 0.349. The fourth-order valence-corrected chi connectivity index (χ4v) is 4.43. The van der Waals surface area contributed by atoms with Crippen LogP contribution in [0.15, 0.2) is 36.7 Å². The number of rotatable bonds is 3. The fourth-order valence-electron chi connectivity index (χ4n) is 4.43. The van der Waals surface area contributed by atoms with E-state index in [1.807, 2.05) is 42.3 Å². The molecule has 0 unspecified atom stereocenters. The Morgan fingerprint density at radius 1 is 1.38 bits per heavy atom. The van der Waals surface area contributed by atoms with Crippen LogP contribution in [0.3, 0.4) is 0 Å². The van der Waals surface area contributed by atoms with Crippen LogP contribution in [-0.2, 0) is 18.4 Å². The number of carbonyl (C=O) groups is 1. The van der Waals surface area contributed by atoms with E-state index in [0.29, 0.717) is 12.0 Å². The molecule has 0 aliphatic carbocycles. The number of nitrogens with one attached hydrogen (secondary N) is 1. The van der Waals surface area contributed by atoms with Crippen molar-refractivity contribution in [3.05, 3.63) is 53.3 Å². The van der Waals surface area contributed by atoms with Gasteiger partial charge in [0.1, 0.15) is 0 Å². The van der Waals surface area contributed by atoms with E-state index in [0.717, 1.165) is 38.0 Å². The Labute approximate surface area is 153 Å². The minimum absolute atomic E-state index is 0.147. The first kappa shape index (κ1) is 16.8. The van der Waals surface area contributed by atoms with Crippen LogP contribution in [0, 0.1) is 11.3 Å². The van der Waals surface area contributed by atoms with Gasteiger partial charge in [-0.1, -0.05) is 12.1 Å². The van der Waals surface area contributed by atoms with Gasteiger partial charge in [-0.05, 0) is 36.1 Å². The first-order chi connectivity index (χ1) is 12.6. The Balaban J connectivity index is 1.46. The second-order valence-corrected chi connectivity index (χ2v) is 7.50. The molecule has 1 N–H and O–H groups in total. The third-order valence-corrected chi connectivity index (χ3v) is 5.78. The van der Waals surface area contributed by atoms with Crippen molar-refractivity contribution < 1.29 is 4.79 Å². The Bertz CT molecular complexity index is 857. The van der Waals surface area contributed by atoms with Crippen LogP contribution >= 0.6 is 0 Å².